The molecule has 208 valence electrons. The molecular formula is C29H31F3N2O5. The summed E-state index contributed by atoms with van der Waals surface area (Å²) in [6, 6.07) is 12.3. The summed E-state index contributed by atoms with van der Waals surface area (Å²) in [5.74, 6) is -0.148. The van der Waals surface area contributed by atoms with Crippen LogP contribution in [-0.4, -0.2) is 36.6 Å². The van der Waals surface area contributed by atoms with Gasteiger partial charge in [0.05, 0.1) is 24.8 Å². The summed E-state index contributed by atoms with van der Waals surface area (Å²) in [7, 11) is 1.52. The Bertz CT molecular complexity index is 1290. The number of pyridine rings is 1. The van der Waals surface area contributed by atoms with E-state index in [-0.39, 0.29) is 6.54 Å². The lowest BCUT2D eigenvalue weighted by Gasteiger charge is -2.28. The first-order valence-electron chi connectivity index (χ1n) is 12.5. The van der Waals surface area contributed by atoms with Crippen molar-refractivity contribution < 1.29 is 36.9 Å². The molecule has 1 aliphatic heterocycles. The molecule has 0 aliphatic carbocycles. The number of methoxy groups -OCH3 is 1. The number of hydrogen-bond donors (Lipinski definition) is 0. The number of halogens is 3. The molecule has 1 unspecified atom stereocenters. The fraction of sp³-hybridized carbons (Fsp3) is 0.379. The first kappa shape index (κ1) is 28.2. The normalized spacial score (nSPS) is 15.6. The predicted octanol–water partition coefficient (Wildman–Crippen LogP) is 6.92. The highest BCUT2D eigenvalue weighted by Gasteiger charge is 2.37. The van der Waals surface area contributed by atoms with Crippen LogP contribution in [0.2, 0.25) is 0 Å². The van der Waals surface area contributed by atoms with Crippen molar-refractivity contribution in [3.05, 3.63) is 77.6 Å². The van der Waals surface area contributed by atoms with Crippen LogP contribution in [0.15, 0.2) is 60.9 Å². The van der Waals surface area contributed by atoms with E-state index in [0.29, 0.717) is 29.5 Å². The maximum absolute atomic E-state index is 13.9. The lowest BCUT2D eigenvalue weighted by molar-refractivity contribution is -0.138. The molecule has 0 saturated carbocycles. The van der Waals surface area contributed by atoms with Crippen molar-refractivity contribution in [3.63, 3.8) is 0 Å². The number of nitrogens with zero attached hydrogens (tertiary/aromatic N) is 2. The number of rotatable bonds is 8. The van der Waals surface area contributed by atoms with Gasteiger partial charge in [0.1, 0.15) is 5.60 Å². The van der Waals surface area contributed by atoms with Gasteiger partial charge < -0.3 is 23.8 Å². The molecule has 1 aromatic heterocycles. The van der Waals surface area contributed by atoms with E-state index in [2.05, 4.69) is 4.98 Å². The van der Waals surface area contributed by atoms with Crippen molar-refractivity contribution in [1.82, 2.24) is 4.98 Å². The molecule has 0 N–H and O–H groups in total. The Kier molecular flexibility index (Phi) is 8.34. The molecule has 0 bridgehead atoms. The lowest BCUT2D eigenvalue weighted by Crippen LogP contribution is -2.26. The minimum Gasteiger partial charge on any atom is -0.493 e. The number of alkyl halides is 3. The third kappa shape index (κ3) is 7.20. The van der Waals surface area contributed by atoms with E-state index >= 15 is 0 Å². The molecule has 10 heteroatoms. The van der Waals surface area contributed by atoms with Crippen molar-refractivity contribution in [2.45, 2.75) is 58.2 Å². The van der Waals surface area contributed by atoms with Crippen LogP contribution in [0.5, 0.6) is 11.5 Å². The average Bonchev–Trinajstić information content (AvgIpc) is 3.39. The zero-order valence-corrected chi connectivity index (χ0v) is 22.2. The summed E-state index contributed by atoms with van der Waals surface area (Å²) in [5.41, 5.74) is -0.873. The summed E-state index contributed by atoms with van der Waals surface area (Å²) in [6.07, 6.45) is -0.275. The fourth-order valence-corrected chi connectivity index (χ4v) is 4.16. The molecular weight excluding hydrogens is 513 g/mol. The number of benzene rings is 2. The molecule has 1 fully saturated rings. The van der Waals surface area contributed by atoms with Crippen LogP contribution >= 0.6 is 0 Å². The Morgan fingerprint density at radius 2 is 1.82 bits per heavy atom. The molecule has 7 nitrogen and oxygen atoms in total. The molecule has 0 spiro atoms. The molecule has 1 saturated heterocycles. The molecule has 1 atom stereocenters. The van der Waals surface area contributed by atoms with Crippen molar-refractivity contribution >= 4 is 17.3 Å². The van der Waals surface area contributed by atoms with Crippen molar-refractivity contribution in [3.8, 4) is 11.5 Å². The largest absolute Gasteiger partial charge is 0.493 e. The lowest BCUT2D eigenvalue weighted by atomic mass is 10.0. The van der Waals surface area contributed by atoms with Gasteiger partial charge in [-0.25, -0.2) is 4.79 Å². The van der Waals surface area contributed by atoms with E-state index in [0.717, 1.165) is 24.5 Å². The van der Waals surface area contributed by atoms with Gasteiger partial charge in [-0.3, -0.25) is 4.98 Å². The molecule has 2 heterocycles. The zero-order valence-electron chi connectivity index (χ0n) is 22.2. The maximum atomic E-state index is 13.9. The highest BCUT2D eigenvalue weighted by atomic mass is 19.4. The molecule has 0 radical (unpaired) electrons. The zero-order chi connectivity index (χ0) is 28.2. The van der Waals surface area contributed by atoms with E-state index < -0.39 is 35.2 Å². The van der Waals surface area contributed by atoms with Gasteiger partial charge in [0, 0.05) is 42.8 Å². The number of anilines is 2. The van der Waals surface area contributed by atoms with Gasteiger partial charge in [-0.15, -0.1) is 0 Å². The predicted molar refractivity (Wildman–Crippen MR) is 139 cm³/mol. The SMILES string of the molecule is COc1ccc(N(Cc2cccnc2)c2ccc(C(F)(F)F)c(C(=O)OC(C)(C)C)c2)cc1OC1CCCO1. The number of esters is 1. The van der Waals surface area contributed by atoms with Crippen LogP contribution in [0.3, 0.4) is 0 Å². The number of aromatic nitrogens is 1. The van der Waals surface area contributed by atoms with Crippen molar-refractivity contribution in [2.24, 2.45) is 0 Å². The van der Waals surface area contributed by atoms with Crippen LogP contribution in [0.4, 0.5) is 24.5 Å². The number of ether oxygens (including phenoxy) is 4. The third-order valence-corrected chi connectivity index (χ3v) is 5.91. The summed E-state index contributed by atoms with van der Waals surface area (Å²) in [6.45, 7) is 5.65. The van der Waals surface area contributed by atoms with E-state index in [1.54, 1.807) is 62.3 Å². The van der Waals surface area contributed by atoms with Gasteiger partial charge in [0.15, 0.2) is 17.8 Å². The number of carbonyl (C=O) groups is 1. The smallest absolute Gasteiger partial charge is 0.417 e. The monoisotopic (exact) mass is 544 g/mol. The topological polar surface area (TPSA) is 70.1 Å². The molecule has 39 heavy (non-hydrogen) atoms. The van der Waals surface area contributed by atoms with Crippen LogP contribution < -0.4 is 14.4 Å². The number of carbonyl (C=O) groups excluding carboxylic acids is 1. The van der Waals surface area contributed by atoms with E-state index in [1.807, 2.05) is 6.07 Å². The Morgan fingerprint density at radius 1 is 1.08 bits per heavy atom. The van der Waals surface area contributed by atoms with Crippen LogP contribution in [-0.2, 0) is 22.2 Å². The standard InChI is InChI=1S/C29H31F3N2O5/c1-28(2,3)39-27(35)22-15-20(9-11-23(22)29(30,31)32)34(18-19-7-5-13-33-17-19)21-10-12-24(36-4)25(16-21)38-26-8-6-14-37-26/h5,7,9-13,15-17,26H,6,8,14,18H2,1-4H3. The van der Waals surface area contributed by atoms with E-state index in [9.17, 15) is 18.0 Å². The summed E-state index contributed by atoms with van der Waals surface area (Å²) in [4.78, 5) is 18.9. The Morgan fingerprint density at radius 3 is 2.44 bits per heavy atom. The molecule has 1 aliphatic rings. The van der Waals surface area contributed by atoms with E-state index in [4.69, 9.17) is 18.9 Å². The minimum absolute atomic E-state index is 0.249. The average molecular weight is 545 g/mol. The van der Waals surface area contributed by atoms with Gasteiger partial charge >= 0.3 is 12.1 Å². The summed E-state index contributed by atoms with van der Waals surface area (Å²) in [5, 5.41) is 0. The molecule has 3 aromatic rings. The van der Waals surface area contributed by atoms with Gasteiger partial charge in [0.25, 0.3) is 0 Å². The third-order valence-electron chi connectivity index (χ3n) is 5.91. The second kappa shape index (κ2) is 11.5. The quantitative estimate of drug-likeness (QED) is 0.285. The Hall–Kier alpha value is -3.79. The molecule has 2 aromatic carbocycles. The molecule has 4 rings (SSSR count). The van der Waals surface area contributed by atoms with Gasteiger partial charge in [0.2, 0.25) is 0 Å². The minimum atomic E-state index is -4.75. The number of hydrogen-bond acceptors (Lipinski definition) is 7. The Labute approximate surface area is 225 Å². The summed E-state index contributed by atoms with van der Waals surface area (Å²) >= 11 is 0. The Balaban J connectivity index is 1.81. The van der Waals surface area contributed by atoms with Crippen molar-refractivity contribution in [1.29, 1.82) is 0 Å². The van der Waals surface area contributed by atoms with Crippen LogP contribution in [0, 0.1) is 0 Å². The highest BCUT2D eigenvalue weighted by Crippen LogP contribution is 2.40. The first-order chi connectivity index (χ1) is 18.4. The highest BCUT2D eigenvalue weighted by molar-refractivity contribution is 5.93. The fourth-order valence-electron chi connectivity index (χ4n) is 4.16. The molecule has 0 amide bonds. The van der Waals surface area contributed by atoms with Gasteiger partial charge in [-0.2, -0.15) is 13.2 Å². The van der Waals surface area contributed by atoms with Gasteiger partial charge in [-0.05, 0) is 69.2 Å². The first-order valence-corrected chi connectivity index (χ1v) is 12.5. The second-order valence-corrected chi connectivity index (χ2v) is 10.1. The summed E-state index contributed by atoms with van der Waals surface area (Å²) < 4.78 is 64.2. The van der Waals surface area contributed by atoms with Crippen LogP contribution in [0.25, 0.3) is 0 Å². The second-order valence-electron chi connectivity index (χ2n) is 10.1. The van der Waals surface area contributed by atoms with Gasteiger partial charge in [-0.1, -0.05) is 6.07 Å². The van der Waals surface area contributed by atoms with Crippen LogP contribution in [0.1, 0.15) is 55.1 Å². The van der Waals surface area contributed by atoms with E-state index in [1.165, 1.54) is 19.2 Å². The van der Waals surface area contributed by atoms with Crippen molar-refractivity contribution in [2.75, 3.05) is 18.6 Å². The maximum Gasteiger partial charge on any atom is 0.417 e.